The van der Waals surface area contributed by atoms with E-state index >= 15 is 0 Å². The minimum atomic E-state index is 0.227. The fraction of sp³-hybridized carbons (Fsp3) is 0.250. The predicted octanol–water partition coefficient (Wildman–Crippen LogP) is 3.33. The molecule has 0 unspecified atom stereocenters. The zero-order chi connectivity index (χ0) is 9.97. The van der Waals surface area contributed by atoms with Crippen molar-refractivity contribution in [3.05, 3.63) is 40.9 Å². The molecule has 0 N–H and O–H groups in total. The quantitative estimate of drug-likeness (QED) is 0.694. The van der Waals surface area contributed by atoms with Gasteiger partial charge in [-0.1, -0.05) is 29.8 Å². The summed E-state index contributed by atoms with van der Waals surface area (Å²) in [5.41, 5.74) is 0.906. The second-order valence-electron chi connectivity index (χ2n) is 3.53. The van der Waals surface area contributed by atoms with Crippen molar-refractivity contribution in [2.45, 2.75) is 12.8 Å². The van der Waals surface area contributed by atoms with Crippen molar-refractivity contribution in [1.29, 1.82) is 0 Å². The molecule has 0 atom stereocenters. The van der Waals surface area contributed by atoms with Gasteiger partial charge in [0.2, 0.25) is 0 Å². The Balaban J connectivity index is 2.09. The smallest absolute Gasteiger partial charge is 0.158 e. The molecule has 1 aliphatic carbocycles. The van der Waals surface area contributed by atoms with Gasteiger partial charge in [-0.3, -0.25) is 4.79 Å². The van der Waals surface area contributed by atoms with Crippen molar-refractivity contribution in [2.75, 3.05) is 0 Å². The molecule has 1 fully saturated rings. The van der Waals surface area contributed by atoms with Crippen LogP contribution in [0.5, 0.6) is 0 Å². The molecular formula is C12H11ClO. The highest BCUT2D eigenvalue weighted by Crippen LogP contribution is 2.30. The first kappa shape index (κ1) is 9.47. The van der Waals surface area contributed by atoms with Crippen LogP contribution < -0.4 is 0 Å². The van der Waals surface area contributed by atoms with Crippen molar-refractivity contribution >= 4 is 23.5 Å². The lowest BCUT2D eigenvalue weighted by molar-refractivity contribution is -0.115. The van der Waals surface area contributed by atoms with E-state index < -0.39 is 0 Å². The zero-order valence-corrected chi connectivity index (χ0v) is 8.50. The number of allylic oxidation sites excluding steroid dienone is 1. The van der Waals surface area contributed by atoms with Crippen LogP contribution in [-0.2, 0) is 4.79 Å². The largest absolute Gasteiger partial charge is 0.295 e. The first-order chi connectivity index (χ1) is 6.77. The molecule has 0 saturated heterocycles. The lowest BCUT2D eigenvalue weighted by atomic mass is 10.1. The fourth-order valence-electron chi connectivity index (χ4n) is 1.29. The number of ketones is 1. The minimum absolute atomic E-state index is 0.227. The summed E-state index contributed by atoms with van der Waals surface area (Å²) in [6.45, 7) is 0. The molecule has 1 aliphatic rings. The van der Waals surface area contributed by atoms with Crippen LogP contribution in [0.4, 0.5) is 0 Å². The Morgan fingerprint density at radius 2 is 2.07 bits per heavy atom. The van der Waals surface area contributed by atoms with E-state index in [1.54, 1.807) is 12.2 Å². The van der Waals surface area contributed by atoms with Crippen molar-refractivity contribution < 1.29 is 4.79 Å². The molecule has 0 aliphatic heterocycles. The number of carbonyl (C=O) groups is 1. The zero-order valence-electron chi connectivity index (χ0n) is 7.74. The third-order valence-electron chi connectivity index (χ3n) is 2.31. The summed E-state index contributed by atoms with van der Waals surface area (Å²) in [7, 11) is 0. The number of halogens is 1. The van der Waals surface area contributed by atoms with Crippen molar-refractivity contribution in [2.24, 2.45) is 5.92 Å². The van der Waals surface area contributed by atoms with Crippen molar-refractivity contribution in [1.82, 2.24) is 0 Å². The van der Waals surface area contributed by atoms with Crippen LogP contribution in [0.3, 0.4) is 0 Å². The molecule has 0 heterocycles. The molecular weight excluding hydrogens is 196 g/mol. The molecule has 2 rings (SSSR count). The Labute approximate surface area is 88.4 Å². The average molecular weight is 207 g/mol. The highest BCUT2D eigenvalue weighted by atomic mass is 35.5. The maximum absolute atomic E-state index is 11.4. The maximum atomic E-state index is 11.4. The predicted molar refractivity (Wildman–Crippen MR) is 58.2 cm³/mol. The molecule has 14 heavy (non-hydrogen) atoms. The third-order valence-corrected chi connectivity index (χ3v) is 2.66. The number of benzene rings is 1. The number of hydrogen-bond donors (Lipinski definition) is 0. The summed E-state index contributed by atoms with van der Waals surface area (Å²) in [4.78, 5) is 11.4. The first-order valence-corrected chi connectivity index (χ1v) is 5.11. The van der Waals surface area contributed by atoms with E-state index in [0.717, 1.165) is 18.4 Å². The monoisotopic (exact) mass is 206 g/mol. The molecule has 0 aromatic heterocycles. The van der Waals surface area contributed by atoms with Crippen molar-refractivity contribution in [3.8, 4) is 0 Å². The molecule has 1 aromatic rings. The Bertz CT molecular complexity index is 378. The second-order valence-corrected chi connectivity index (χ2v) is 3.94. The van der Waals surface area contributed by atoms with Gasteiger partial charge in [0.25, 0.3) is 0 Å². The topological polar surface area (TPSA) is 17.1 Å². The summed E-state index contributed by atoms with van der Waals surface area (Å²) in [5.74, 6) is 0.513. The van der Waals surface area contributed by atoms with Crippen LogP contribution in [0, 0.1) is 5.92 Å². The van der Waals surface area contributed by atoms with Gasteiger partial charge in [-0.05, 0) is 36.6 Å². The average Bonchev–Trinajstić information content (AvgIpc) is 2.99. The Kier molecular flexibility index (Phi) is 2.69. The van der Waals surface area contributed by atoms with E-state index in [4.69, 9.17) is 11.6 Å². The maximum Gasteiger partial charge on any atom is 0.158 e. The molecule has 0 spiro atoms. The molecule has 0 bridgehead atoms. The summed E-state index contributed by atoms with van der Waals surface area (Å²) in [6, 6.07) is 7.51. The van der Waals surface area contributed by atoms with Gasteiger partial charge in [0, 0.05) is 10.9 Å². The molecule has 1 saturated carbocycles. The number of hydrogen-bond acceptors (Lipinski definition) is 1. The summed E-state index contributed by atoms with van der Waals surface area (Å²) < 4.78 is 0. The standard InChI is InChI=1S/C12H11ClO/c13-11-4-2-1-3-9(11)7-8-12(14)10-5-6-10/h1-4,7-8,10H,5-6H2/b8-7+. The van der Waals surface area contributed by atoms with Crippen LogP contribution in [0.2, 0.25) is 5.02 Å². The lowest BCUT2D eigenvalue weighted by Crippen LogP contribution is -1.93. The molecule has 0 radical (unpaired) electrons. The SMILES string of the molecule is O=C(/C=C/c1ccccc1Cl)C1CC1. The van der Waals surface area contributed by atoms with Crippen LogP contribution >= 0.6 is 11.6 Å². The lowest BCUT2D eigenvalue weighted by Gasteiger charge is -1.95. The molecule has 1 nitrogen and oxygen atoms in total. The normalized spacial score (nSPS) is 16.1. The third kappa shape index (κ3) is 2.24. The van der Waals surface area contributed by atoms with Gasteiger partial charge in [0.15, 0.2) is 5.78 Å². The Morgan fingerprint density at radius 1 is 1.36 bits per heavy atom. The van der Waals surface area contributed by atoms with Gasteiger partial charge >= 0.3 is 0 Å². The van der Waals surface area contributed by atoms with Crippen LogP contribution in [0.25, 0.3) is 6.08 Å². The van der Waals surface area contributed by atoms with Gasteiger partial charge in [-0.2, -0.15) is 0 Å². The van der Waals surface area contributed by atoms with Crippen LogP contribution in [0.1, 0.15) is 18.4 Å². The highest BCUT2D eigenvalue weighted by Gasteiger charge is 2.27. The van der Waals surface area contributed by atoms with E-state index in [1.807, 2.05) is 24.3 Å². The van der Waals surface area contributed by atoms with Gasteiger partial charge in [-0.25, -0.2) is 0 Å². The second kappa shape index (κ2) is 3.97. The van der Waals surface area contributed by atoms with Gasteiger partial charge in [-0.15, -0.1) is 0 Å². The number of rotatable bonds is 3. The Hall–Kier alpha value is -1.08. The molecule has 0 amide bonds. The molecule has 72 valence electrons. The minimum Gasteiger partial charge on any atom is -0.295 e. The molecule has 2 heteroatoms. The van der Waals surface area contributed by atoms with Gasteiger partial charge < -0.3 is 0 Å². The van der Waals surface area contributed by atoms with E-state index in [9.17, 15) is 4.79 Å². The van der Waals surface area contributed by atoms with Crippen molar-refractivity contribution in [3.63, 3.8) is 0 Å². The molecule has 1 aromatic carbocycles. The highest BCUT2D eigenvalue weighted by molar-refractivity contribution is 6.32. The first-order valence-electron chi connectivity index (χ1n) is 4.74. The Morgan fingerprint density at radius 3 is 2.71 bits per heavy atom. The number of carbonyl (C=O) groups excluding carboxylic acids is 1. The summed E-state index contributed by atoms with van der Waals surface area (Å²) >= 11 is 5.94. The van der Waals surface area contributed by atoms with E-state index in [1.165, 1.54) is 0 Å². The van der Waals surface area contributed by atoms with Crippen LogP contribution in [0.15, 0.2) is 30.3 Å². The van der Waals surface area contributed by atoms with Crippen LogP contribution in [-0.4, -0.2) is 5.78 Å². The van der Waals surface area contributed by atoms with E-state index in [0.29, 0.717) is 5.02 Å². The van der Waals surface area contributed by atoms with Gasteiger partial charge in [0.1, 0.15) is 0 Å². The summed E-state index contributed by atoms with van der Waals surface area (Å²) in [5, 5.41) is 0.687. The van der Waals surface area contributed by atoms with E-state index in [2.05, 4.69) is 0 Å². The fourth-order valence-corrected chi connectivity index (χ4v) is 1.48. The van der Waals surface area contributed by atoms with E-state index in [-0.39, 0.29) is 11.7 Å². The summed E-state index contributed by atoms with van der Waals surface area (Å²) in [6.07, 6.45) is 5.53. The van der Waals surface area contributed by atoms with Gasteiger partial charge in [0.05, 0.1) is 0 Å².